The third-order valence-electron chi connectivity index (χ3n) is 4.89. The van der Waals surface area contributed by atoms with Crippen molar-refractivity contribution in [2.75, 3.05) is 11.9 Å². The second-order valence-corrected chi connectivity index (χ2v) is 6.53. The van der Waals surface area contributed by atoms with Crippen molar-refractivity contribution in [2.24, 2.45) is 5.73 Å². The first-order valence-electron chi connectivity index (χ1n) is 8.62. The quantitative estimate of drug-likeness (QED) is 0.752. The SMILES string of the molecule is CCOC(=O)C1=C(N)OC2=C(C(=O)OC(C)C2)[C@@]12C(=O)Nc1ccccc12. The number of anilines is 1. The summed E-state index contributed by atoms with van der Waals surface area (Å²) in [7, 11) is 0. The second kappa shape index (κ2) is 5.87. The van der Waals surface area contributed by atoms with Crippen molar-refractivity contribution in [3.8, 4) is 0 Å². The summed E-state index contributed by atoms with van der Waals surface area (Å²) in [6, 6.07) is 6.81. The lowest BCUT2D eigenvalue weighted by atomic mass is 9.67. The van der Waals surface area contributed by atoms with E-state index in [0.29, 0.717) is 11.3 Å². The molecular formula is C19H18N2O6. The summed E-state index contributed by atoms with van der Waals surface area (Å²) in [6.07, 6.45) is -0.195. The number of ether oxygens (including phenoxy) is 3. The van der Waals surface area contributed by atoms with Gasteiger partial charge in [-0.25, -0.2) is 9.59 Å². The molecule has 3 N–H and O–H groups in total. The molecule has 0 aliphatic carbocycles. The minimum Gasteiger partial charge on any atom is -0.462 e. The van der Waals surface area contributed by atoms with Crippen molar-refractivity contribution < 1.29 is 28.6 Å². The van der Waals surface area contributed by atoms with E-state index in [0.717, 1.165) is 0 Å². The first kappa shape index (κ1) is 17.1. The molecule has 0 aromatic heterocycles. The van der Waals surface area contributed by atoms with Crippen LogP contribution in [-0.2, 0) is 34.0 Å². The molecule has 1 amide bonds. The maximum absolute atomic E-state index is 13.2. The van der Waals surface area contributed by atoms with Crippen molar-refractivity contribution in [1.82, 2.24) is 0 Å². The Hall–Kier alpha value is -3.29. The monoisotopic (exact) mass is 370 g/mol. The molecule has 1 aromatic rings. The van der Waals surface area contributed by atoms with Crippen LogP contribution < -0.4 is 11.1 Å². The molecule has 1 unspecified atom stereocenters. The number of amides is 1. The Labute approximate surface area is 154 Å². The number of fused-ring (bicyclic) bond motifs is 3. The highest BCUT2D eigenvalue weighted by atomic mass is 16.6. The van der Waals surface area contributed by atoms with Crippen LogP contribution in [0.5, 0.6) is 0 Å². The van der Waals surface area contributed by atoms with Crippen LogP contribution in [0.15, 0.2) is 47.1 Å². The Kier molecular flexibility index (Phi) is 3.73. The Morgan fingerprint density at radius 3 is 2.85 bits per heavy atom. The van der Waals surface area contributed by atoms with E-state index >= 15 is 0 Å². The summed E-state index contributed by atoms with van der Waals surface area (Å²) in [5.74, 6) is -2.13. The predicted octanol–water partition coefficient (Wildman–Crippen LogP) is 1.23. The van der Waals surface area contributed by atoms with Crippen molar-refractivity contribution in [1.29, 1.82) is 0 Å². The summed E-state index contributed by atoms with van der Waals surface area (Å²) in [5, 5.41) is 2.74. The molecule has 3 aliphatic heterocycles. The van der Waals surface area contributed by atoms with Crippen LogP contribution in [0.2, 0.25) is 0 Å². The number of hydrogen-bond donors (Lipinski definition) is 2. The number of nitrogens with two attached hydrogens (primary N) is 1. The summed E-state index contributed by atoms with van der Waals surface area (Å²) in [4.78, 5) is 38.9. The summed E-state index contributed by atoms with van der Waals surface area (Å²) in [5.41, 5.74) is 4.98. The smallest absolute Gasteiger partial charge is 0.341 e. The maximum Gasteiger partial charge on any atom is 0.341 e. The zero-order chi connectivity index (χ0) is 19.3. The molecule has 27 heavy (non-hydrogen) atoms. The summed E-state index contributed by atoms with van der Waals surface area (Å²) in [6.45, 7) is 3.42. The van der Waals surface area contributed by atoms with Gasteiger partial charge in [0.2, 0.25) is 11.8 Å². The molecule has 3 heterocycles. The van der Waals surface area contributed by atoms with E-state index in [1.54, 1.807) is 38.1 Å². The Balaban J connectivity index is 2.06. The minimum absolute atomic E-state index is 0.0275. The van der Waals surface area contributed by atoms with Gasteiger partial charge in [0.15, 0.2) is 0 Å². The molecule has 0 bridgehead atoms. The number of rotatable bonds is 2. The van der Waals surface area contributed by atoms with Crippen LogP contribution in [0.1, 0.15) is 25.8 Å². The van der Waals surface area contributed by atoms with Gasteiger partial charge >= 0.3 is 11.9 Å². The molecule has 140 valence electrons. The van der Waals surface area contributed by atoms with Crippen LogP contribution in [0.25, 0.3) is 0 Å². The number of benzene rings is 1. The van der Waals surface area contributed by atoms with Crippen LogP contribution in [0.3, 0.4) is 0 Å². The van der Waals surface area contributed by atoms with Gasteiger partial charge in [-0.3, -0.25) is 4.79 Å². The Morgan fingerprint density at radius 1 is 1.37 bits per heavy atom. The molecule has 1 aromatic carbocycles. The third-order valence-corrected chi connectivity index (χ3v) is 4.89. The lowest BCUT2D eigenvalue weighted by Crippen LogP contribution is -2.50. The molecule has 3 aliphatic rings. The number of nitrogens with one attached hydrogen (secondary N) is 1. The molecule has 0 fully saturated rings. The number of para-hydroxylation sites is 1. The summed E-state index contributed by atoms with van der Waals surface area (Å²) >= 11 is 0. The van der Waals surface area contributed by atoms with Gasteiger partial charge in [-0.1, -0.05) is 18.2 Å². The van der Waals surface area contributed by atoms with E-state index in [1.165, 1.54) is 0 Å². The van der Waals surface area contributed by atoms with Gasteiger partial charge in [-0.15, -0.1) is 0 Å². The summed E-state index contributed by atoms with van der Waals surface area (Å²) < 4.78 is 16.1. The molecule has 2 atom stereocenters. The largest absolute Gasteiger partial charge is 0.462 e. The molecule has 4 rings (SSSR count). The first-order valence-corrected chi connectivity index (χ1v) is 8.62. The first-order chi connectivity index (χ1) is 12.9. The topological polar surface area (TPSA) is 117 Å². The van der Waals surface area contributed by atoms with Crippen molar-refractivity contribution in [2.45, 2.75) is 31.8 Å². The van der Waals surface area contributed by atoms with Gasteiger partial charge in [0.25, 0.3) is 0 Å². The van der Waals surface area contributed by atoms with Crippen LogP contribution in [-0.4, -0.2) is 30.6 Å². The van der Waals surface area contributed by atoms with Gasteiger partial charge in [0, 0.05) is 17.7 Å². The lowest BCUT2D eigenvalue weighted by molar-refractivity contribution is -0.149. The van der Waals surface area contributed by atoms with E-state index in [-0.39, 0.29) is 35.8 Å². The predicted molar refractivity (Wildman–Crippen MR) is 92.9 cm³/mol. The number of carbonyl (C=O) groups excluding carboxylic acids is 3. The molecule has 0 saturated heterocycles. The third kappa shape index (κ3) is 2.19. The number of carbonyl (C=O) groups is 3. The molecule has 0 saturated carbocycles. The number of esters is 2. The van der Waals surface area contributed by atoms with E-state index in [9.17, 15) is 14.4 Å². The van der Waals surface area contributed by atoms with E-state index in [2.05, 4.69) is 5.32 Å². The zero-order valence-electron chi connectivity index (χ0n) is 14.8. The zero-order valence-corrected chi connectivity index (χ0v) is 14.8. The average Bonchev–Trinajstić information content (AvgIpc) is 2.87. The van der Waals surface area contributed by atoms with Crippen LogP contribution >= 0.6 is 0 Å². The van der Waals surface area contributed by atoms with Crippen LogP contribution in [0, 0.1) is 0 Å². The van der Waals surface area contributed by atoms with Gasteiger partial charge < -0.3 is 25.3 Å². The van der Waals surface area contributed by atoms with E-state index < -0.39 is 29.4 Å². The number of cyclic esters (lactones) is 1. The lowest BCUT2D eigenvalue weighted by Gasteiger charge is -2.39. The van der Waals surface area contributed by atoms with E-state index in [4.69, 9.17) is 19.9 Å². The highest BCUT2D eigenvalue weighted by Gasteiger charge is 2.63. The fourth-order valence-electron chi connectivity index (χ4n) is 3.92. The maximum atomic E-state index is 13.2. The van der Waals surface area contributed by atoms with Gasteiger partial charge in [0.1, 0.15) is 28.4 Å². The highest BCUT2D eigenvalue weighted by molar-refractivity contribution is 6.21. The van der Waals surface area contributed by atoms with Crippen molar-refractivity contribution in [3.63, 3.8) is 0 Å². The Bertz CT molecular complexity index is 947. The fraction of sp³-hybridized carbons (Fsp3) is 0.316. The minimum atomic E-state index is -1.77. The average molecular weight is 370 g/mol. The fourth-order valence-corrected chi connectivity index (χ4v) is 3.92. The molecule has 1 spiro atoms. The van der Waals surface area contributed by atoms with Gasteiger partial charge in [-0.2, -0.15) is 0 Å². The normalized spacial score (nSPS) is 26.2. The second-order valence-electron chi connectivity index (χ2n) is 6.53. The molecule has 8 nitrogen and oxygen atoms in total. The number of hydrogen-bond acceptors (Lipinski definition) is 7. The highest BCUT2D eigenvalue weighted by Crippen LogP contribution is 2.53. The van der Waals surface area contributed by atoms with Gasteiger partial charge in [-0.05, 0) is 19.9 Å². The molecule has 8 heteroatoms. The van der Waals surface area contributed by atoms with Crippen LogP contribution in [0.4, 0.5) is 5.69 Å². The molecular weight excluding hydrogens is 352 g/mol. The Morgan fingerprint density at radius 2 is 2.11 bits per heavy atom. The standard InChI is InChI=1S/C19H18N2O6/c1-3-25-16(22)14-15(20)27-12-8-9(2)26-17(23)13(12)19(14)10-6-4-5-7-11(10)21-18(19)24/h4-7,9H,3,8,20H2,1-2H3,(H,21,24)/t9?,19-/m1/s1. The van der Waals surface area contributed by atoms with E-state index in [1.807, 2.05) is 0 Å². The van der Waals surface area contributed by atoms with Gasteiger partial charge in [0.05, 0.1) is 6.61 Å². The van der Waals surface area contributed by atoms with Crippen molar-refractivity contribution >= 4 is 23.5 Å². The van der Waals surface area contributed by atoms with Crippen molar-refractivity contribution in [3.05, 3.63) is 52.6 Å². The molecule has 0 radical (unpaired) electrons.